The fourth-order valence-corrected chi connectivity index (χ4v) is 6.15. The van der Waals surface area contributed by atoms with E-state index in [4.69, 9.17) is 28.4 Å². The number of ether oxygens (including phenoxy) is 6. The van der Waals surface area contributed by atoms with Gasteiger partial charge in [-0.15, -0.1) is 0 Å². The lowest BCUT2D eigenvalue weighted by Crippen LogP contribution is -2.63. The van der Waals surface area contributed by atoms with Crippen molar-refractivity contribution >= 4 is 23.7 Å². The monoisotopic (exact) mass is 673 g/mol. The number of benzene rings is 3. The molecule has 0 radical (unpaired) electrons. The van der Waals surface area contributed by atoms with Crippen LogP contribution >= 0.6 is 0 Å². The van der Waals surface area contributed by atoms with Crippen LogP contribution in [0.2, 0.25) is 0 Å². The van der Waals surface area contributed by atoms with Gasteiger partial charge in [0.05, 0.1) is 31.2 Å². The largest absolute Gasteiger partial charge is 0.495 e. The molecule has 3 aromatic carbocycles. The quantitative estimate of drug-likeness (QED) is 0.178. The first kappa shape index (κ1) is 35.6. The molecule has 2 N–H and O–H groups in total. The smallest absolute Gasteiger partial charge is 0.412 e. The standard InChI is InChI=1S/C38H43NO10/c1-24-13-12-20-29(44-2)31(24)39-38(43)49-32-30(23-40)46-37(45-3)34-33(32)47-35(41)27(21-25-14-6-4-7-15-25)18-10-11-19-28(36(42)48-34)22-26-16-8-5-9-17-26/h4-17,20,27-28,30,32-34,37,40H,18-19,21-23H2,1-3H3,(H,39,43)/b11-10+/t27-,28-,30-,32-,33+,34-,37+/m1/s1. The van der Waals surface area contributed by atoms with Crippen LogP contribution in [-0.2, 0) is 46.1 Å². The number of aliphatic hydroxyl groups is 1. The molecule has 2 heterocycles. The number of anilines is 1. The van der Waals surface area contributed by atoms with Gasteiger partial charge in [0.25, 0.3) is 0 Å². The van der Waals surface area contributed by atoms with Crippen LogP contribution in [-0.4, -0.2) is 74.7 Å². The highest BCUT2D eigenvalue weighted by atomic mass is 16.7. The SMILES string of the molecule is COc1cccc(C)c1NC(=O)O[C@H]1[C@@H]2OC(=O)[C@@H](Cc3ccccc3)C/C=C/C[C@H](Cc3ccccc3)C(=O)O[C@H]2[C@@H](OC)O[C@@H]1CO. The van der Waals surface area contributed by atoms with Crippen molar-refractivity contribution in [3.05, 3.63) is 108 Å². The number of aryl methyl sites for hydroxylation is 1. The van der Waals surface area contributed by atoms with Gasteiger partial charge in [-0.05, 0) is 55.4 Å². The molecule has 2 aliphatic rings. The number of allylic oxidation sites excluding steroid dienone is 2. The molecule has 3 aromatic rings. The summed E-state index contributed by atoms with van der Waals surface area (Å²) in [7, 11) is 2.82. The first-order valence-corrected chi connectivity index (χ1v) is 16.4. The third-order valence-electron chi connectivity index (χ3n) is 8.76. The first-order valence-electron chi connectivity index (χ1n) is 16.4. The Morgan fingerprint density at radius 3 is 1.92 bits per heavy atom. The fraction of sp³-hybridized carbons (Fsp3) is 0.395. The first-order chi connectivity index (χ1) is 23.8. The van der Waals surface area contributed by atoms with Crippen LogP contribution in [0.5, 0.6) is 5.75 Å². The van der Waals surface area contributed by atoms with Crippen molar-refractivity contribution in [3.8, 4) is 5.75 Å². The summed E-state index contributed by atoms with van der Waals surface area (Å²) in [5.41, 5.74) is 2.96. The average Bonchev–Trinajstić information content (AvgIpc) is 3.11. The summed E-state index contributed by atoms with van der Waals surface area (Å²) in [6.45, 7) is 1.17. The van der Waals surface area contributed by atoms with E-state index >= 15 is 0 Å². The summed E-state index contributed by atoms with van der Waals surface area (Å²) in [4.78, 5) is 41.3. The summed E-state index contributed by atoms with van der Waals surface area (Å²) in [5.74, 6) is -1.97. The van der Waals surface area contributed by atoms with Crippen LogP contribution in [0.1, 0.15) is 29.5 Å². The molecule has 11 nitrogen and oxygen atoms in total. The molecule has 7 atom stereocenters. The minimum absolute atomic E-state index is 0.338. The van der Waals surface area contributed by atoms with E-state index in [1.165, 1.54) is 14.2 Å². The Labute approximate surface area is 286 Å². The Bertz CT molecular complexity index is 1580. The fourth-order valence-electron chi connectivity index (χ4n) is 6.15. The second-order valence-corrected chi connectivity index (χ2v) is 12.1. The Morgan fingerprint density at radius 1 is 0.816 bits per heavy atom. The molecule has 5 rings (SSSR count). The van der Waals surface area contributed by atoms with Crippen LogP contribution in [0.3, 0.4) is 0 Å². The number of esters is 2. The molecule has 0 unspecified atom stereocenters. The highest BCUT2D eigenvalue weighted by Crippen LogP contribution is 2.33. The van der Waals surface area contributed by atoms with Gasteiger partial charge in [-0.1, -0.05) is 84.9 Å². The second-order valence-electron chi connectivity index (χ2n) is 12.1. The topological polar surface area (TPSA) is 139 Å². The number of carbonyl (C=O) groups is 3. The predicted octanol–water partition coefficient (Wildman–Crippen LogP) is 5.18. The predicted molar refractivity (Wildman–Crippen MR) is 180 cm³/mol. The van der Waals surface area contributed by atoms with Crippen molar-refractivity contribution in [3.63, 3.8) is 0 Å². The molecule has 49 heavy (non-hydrogen) atoms. The molecular weight excluding hydrogens is 630 g/mol. The zero-order chi connectivity index (χ0) is 34.8. The van der Waals surface area contributed by atoms with E-state index in [1.807, 2.05) is 72.8 Å². The molecule has 0 bridgehead atoms. The lowest BCUT2D eigenvalue weighted by atomic mass is 9.92. The van der Waals surface area contributed by atoms with Crippen LogP contribution in [0, 0.1) is 18.8 Å². The van der Waals surface area contributed by atoms with Gasteiger partial charge in [-0.2, -0.15) is 0 Å². The number of methoxy groups -OCH3 is 2. The third-order valence-corrected chi connectivity index (χ3v) is 8.76. The Kier molecular flexibility index (Phi) is 12.4. The summed E-state index contributed by atoms with van der Waals surface area (Å²) >= 11 is 0. The van der Waals surface area contributed by atoms with E-state index in [0.717, 1.165) is 11.1 Å². The molecule has 1 amide bonds. The molecule has 1 fully saturated rings. The van der Waals surface area contributed by atoms with Gasteiger partial charge in [-0.25, -0.2) is 4.79 Å². The van der Waals surface area contributed by atoms with Crippen LogP contribution in [0.4, 0.5) is 10.5 Å². The molecule has 11 heteroatoms. The van der Waals surface area contributed by atoms with E-state index < -0.39 is 67.2 Å². The van der Waals surface area contributed by atoms with E-state index in [2.05, 4.69) is 5.32 Å². The molecule has 0 aromatic heterocycles. The normalized spacial score (nSPS) is 26.5. The number of nitrogens with one attached hydrogen (secondary N) is 1. The average molecular weight is 674 g/mol. The maximum absolute atomic E-state index is 14.0. The summed E-state index contributed by atoms with van der Waals surface area (Å²) in [5, 5.41) is 13.1. The van der Waals surface area contributed by atoms with E-state index in [1.54, 1.807) is 25.1 Å². The number of aliphatic hydroxyl groups excluding tert-OH is 1. The van der Waals surface area contributed by atoms with Gasteiger partial charge >= 0.3 is 18.0 Å². The lowest BCUT2D eigenvalue weighted by molar-refractivity contribution is -0.300. The zero-order valence-electron chi connectivity index (χ0n) is 27.9. The van der Waals surface area contributed by atoms with Crippen molar-refractivity contribution in [2.75, 3.05) is 26.1 Å². The molecule has 260 valence electrons. The Hall–Kier alpha value is -4.71. The number of fused-ring (bicyclic) bond motifs is 1. The van der Waals surface area contributed by atoms with Crippen LogP contribution in [0.15, 0.2) is 91.0 Å². The van der Waals surface area contributed by atoms with Gasteiger partial charge in [0.2, 0.25) is 0 Å². The minimum atomic E-state index is -1.39. The highest BCUT2D eigenvalue weighted by molar-refractivity contribution is 5.88. The maximum Gasteiger partial charge on any atom is 0.412 e. The van der Waals surface area contributed by atoms with Gasteiger partial charge in [0.15, 0.2) is 24.6 Å². The van der Waals surface area contributed by atoms with E-state index in [0.29, 0.717) is 42.7 Å². The van der Waals surface area contributed by atoms with E-state index in [9.17, 15) is 19.5 Å². The Balaban J connectivity index is 1.50. The minimum Gasteiger partial charge on any atom is -0.495 e. The molecule has 2 aliphatic heterocycles. The van der Waals surface area contributed by atoms with Crippen molar-refractivity contribution in [2.45, 2.75) is 63.3 Å². The zero-order valence-corrected chi connectivity index (χ0v) is 27.9. The summed E-state index contributed by atoms with van der Waals surface area (Å²) < 4.78 is 35.1. The van der Waals surface area contributed by atoms with E-state index in [-0.39, 0.29) is 0 Å². The number of carbonyl (C=O) groups excluding carboxylic acids is 3. The van der Waals surface area contributed by atoms with Crippen molar-refractivity contribution in [2.24, 2.45) is 11.8 Å². The Morgan fingerprint density at radius 2 is 1.39 bits per heavy atom. The lowest BCUT2D eigenvalue weighted by Gasteiger charge is -2.44. The summed E-state index contributed by atoms with van der Waals surface area (Å²) in [6, 6.07) is 24.4. The van der Waals surface area contributed by atoms with Gasteiger partial charge in [0.1, 0.15) is 11.9 Å². The van der Waals surface area contributed by atoms with Gasteiger partial charge < -0.3 is 33.5 Å². The number of rotatable bonds is 9. The number of hydrogen-bond donors (Lipinski definition) is 2. The number of amides is 1. The highest BCUT2D eigenvalue weighted by Gasteiger charge is 2.53. The third kappa shape index (κ3) is 9.05. The molecule has 1 saturated heterocycles. The van der Waals surface area contributed by atoms with Crippen LogP contribution < -0.4 is 10.1 Å². The maximum atomic E-state index is 14.0. The van der Waals surface area contributed by atoms with Crippen molar-refractivity contribution in [1.29, 1.82) is 0 Å². The number of hydrogen-bond acceptors (Lipinski definition) is 10. The summed E-state index contributed by atoms with van der Waals surface area (Å²) in [6.07, 6.45) is -2.24. The molecule has 0 spiro atoms. The molecular formula is C38H43NO10. The molecule has 0 saturated carbocycles. The van der Waals surface area contributed by atoms with Gasteiger partial charge in [0, 0.05) is 7.11 Å². The second kappa shape index (κ2) is 17.1. The molecule has 0 aliphatic carbocycles. The van der Waals surface area contributed by atoms with Crippen molar-refractivity contribution < 1.29 is 47.9 Å². The van der Waals surface area contributed by atoms with Gasteiger partial charge in [-0.3, -0.25) is 14.9 Å². The van der Waals surface area contributed by atoms with Crippen LogP contribution in [0.25, 0.3) is 0 Å². The number of para-hydroxylation sites is 1. The van der Waals surface area contributed by atoms with Crippen molar-refractivity contribution in [1.82, 2.24) is 0 Å².